The lowest BCUT2D eigenvalue weighted by Crippen LogP contribution is -2.39. The van der Waals surface area contributed by atoms with Crippen LogP contribution in [0, 0.1) is 0 Å². The molecule has 0 unspecified atom stereocenters. The first kappa shape index (κ1) is 13.6. The van der Waals surface area contributed by atoms with Crippen LogP contribution in [0.15, 0.2) is 22.8 Å². The number of likely N-dealkylation sites (N-methyl/N-ethyl adjacent to an activating group) is 1. The van der Waals surface area contributed by atoms with E-state index in [4.69, 9.17) is 9.25 Å². The highest BCUT2D eigenvalue weighted by molar-refractivity contribution is 5.93. The molecule has 2 rings (SSSR count). The van der Waals surface area contributed by atoms with Gasteiger partial charge in [0.25, 0.3) is 11.8 Å². The summed E-state index contributed by atoms with van der Waals surface area (Å²) >= 11 is 0. The summed E-state index contributed by atoms with van der Waals surface area (Å²) in [5.74, 6) is -0.456. The van der Waals surface area contributed by atoms with Crippen molar-refractivity contribution in [2.45, 2.75) is 31.8 Å². The summed E-state index contributed by atoms with van der Waals surface area (Å²) in [4.78, 5) is 30.0. The third-order valence-corrected chi connectivity index (χ3v) is 3.10. The average Bonchev–Trinajstić information content (AvgIpc) is 3.08. The van der Waals surface area contributed by atoms with E-state index in [9.17, 15) is 9.59 Å². The van der Waals surface area contributed by atoms with E-state index in [-0.39, 0.29) is 30.2 Å². The molecule has 104 valence electrons. The van der Waals surface area contributed by atoms with Crippen molar-refractivity contribution in [1.29, 1.82) is 0 Å². The smallest absolute Gasteiger partial charge is 0.289 e. The van der Waals surface area contributed by atoms with Gasteiger partial charge in [-0.1, -0.05) is 12.8 Å². The van der Waals surface area contributed by atoms with E-state index >= 15 is 0 Å². The number of carbonyl (C=O) groups is 2. The van der Waals surface area contributed by atoms with Gasteiger partial charge in [-0.25, -0.2) is 5.48 Å². The highest BCUT2D eigenvalue weighted by Crippen LogP contribution is 2.19. The molecule has 1 saturated carbocycles. The molecule has 0 radical (unpaired) electrons. The number of nitrogens with one attached hydrogen (secondary N) is 1. The van der Waals surface area contributed by atoms with Gasteiger partial charge in [-0.05, 0) is 25.0 Å². The molecule has 0 aromatic carbocycles. The Morgan fingerprint density at radius 1 is 1.47 bits per heavy atom. The number of amides is 2. The summed E-state index contributed by atoms with van der Waals surface area (Å²) < 4.78 is 4.99. The number of hydrogen-bond donors (Lipinski definition) is 1. The highest BCUT2D eigenvalue weighted by atomic mass is 16.7. The molecular weight excluding hydrogens is 248 g/mol. The molecular formula is C13H18N2O4. The minimum atomic E-state index is -0.339. The number of carbonyl (C=O) groups excluding carboxylic acids is 2. The number of nitrogens with zero attached hydrogens (tertiary/aromatic N) is 1. The van der Waals surface area contributed by atoms with Gasteiger partial charge >= 0.3 is 0 Å². The summed E-state index contributed by atoms with van der Waals surface area (Å²) in [6, 6.07) is 3.19. The molecule has 1 fully saturated rings. The molecule has 1 N–H and O–H groups in total. The second-order valence-corrected chi connectivity index (χ2v) is 4.69. The third-order valence-electron chi connectivity index (χ3n) is 3.10. The van der Waals surface area contributed by atoms with Gasteiger partial charge in [0.05, 0.1) is 12.4 Å². The van der Waals surface area contributed by atoms with Crippen LogP contribution in [0.5, 0.6) is 0 Å². The molecule has 1 heterocycles. The quantitative estimate of drug-likeness (QED) is 0.816. The van der Waals surface area contributed by atoms with Crippen LogP contribution >= 0.6 is 0 Å². The Hall–Kier alpha value is -1.82. The Morgan fingerprint density at radius 2 is 2.21 bits per heavy atom. The highest BCUT2D eigenvalue weighted by Gasteiger charge is 2.19. The lowest BCUT2D eigenvalue weighted by molar-refractivity contribution is -0.138. The fraction of sp³-hybridized carbons (Fsp3) is 0.538. The lowest BCUT2D eigenvalue weighted by atomic mass is 10.3. The predicted molar refractivity (Wildman–Crippen MR) is 67.2 cm³/mol. The minimum absolute atomic E-state index is 0.0632. The molecule has 0 bridgehead atoms. The molecule has 0 saturated heterocycles. The van der Waals surface area contributed by atoms with Crippen molar-refractivity contribution in [2.24, 2.45) is 0 Å². The third kappa shape index (κ3) is 3.82. The molecule has 19 heavy (non-hydrogen) atoms. The van der Waals surface area contributed by atoms with Crippen LogP contribution in [0.25, 0.3) is 0 Å². The zero-order valence-electron chi connectivity index (χ0n) is 10.9. The van der Waals surface area contributed by atoms with Crippen LogP contribution in [0.1, 0.15) is 36.2 Å². The van der Waals surface area contributed by atoms with Gasteiger partial charge in [0, 0.05) is 7.05 Å². The average molecular weight is 266 g/mol. The van der Waals surface area contributed by atoms with E-state index in [0.717, 1.165) is 25.7 Å². The Labute approximate surface area is 111 Å². The van der Waals surface area contributed by atoms with Crippen LogP contribution in [-0.4, -0.2) is 36.4 Å². The maximum Gasteiger partial charge on any atom is 0.289 e. The van der Waals surface area contributed by atoms with Crippen molar-refractivity contribution in [1.82, 2.24) is 10.4 Å². The first-order valence-electron chi connectivity index (χ1n) is 6.40. The van der Waals surface area contributed by atoms with Gasteiger partial charge in [-0.15, -0.1) is 0 Å². The summed E-state index contributed by atoms with van der Waals surface area (Å²) in [5, 5.41) is 0. The minimum Gasteiger partial charge on any atom is -0.459 e. The first-order chi connectivity index (χ1) is 9.16. The van der Waals surface area contributed by atoms with Crippen LogP contribution < -0.4 is 5.48 Å². The van der Waals surface area contributed by atoms with Crippen LogP contribution in [-0.2, 0) is 9.63 Å². The molecule has 2 amide bonds. The molecule has 0 aliphatic heterocycles. The second-order valence-electron chi connectivity index (χ2n) is 4.69. The monoisotopic (exact) mass is 266 g/mol. The molecule has 0 atom stereocenters. The van der Waals surface area contributed by atoms with Crippen molar-refractivity contribution in [2.75, 3.05) is 13.6 Å². The Balaban J connectivity index is 1.73. The van der Waals surface area contributed by atoms with Crippen molar-refractivity contribution in [3.63, 3.8) is 0 Å². The molecule has 6 heteroatoms. The van der Waals surface area contributed by atoms with Crippen molar-refractivity contribution >= 4 is 11.8 Å². The Morgan fingerprint density at radius 3 is 2.84 bits per heavy atom. The molecule has 1 aromatic heterocycles. The number of furan rings is 1. The largest absolute Gasteiger partial charge is 0.459 e. The van der Waals surface area contributed by atoms with Gasteiger partial charge in [0.15, 0.2) is 5.76 Å². The normalized spacial score (nSPS) is 15.4. The Kier molecular flexibility index (Phi) is 4.57. The van der Waals surface area contributed by atoms with E-state index in [1.54, 1.807) is 19.2 Å². The van der Waals surface area contributed by atoms with Gasteiger partial charge in [0.2, 0.25) is 0 Å². The molecule has 1 aromatic rings. The number of rotatable bonds is 5. The fourth-order valence-corrected chi connectivity index (χ4v) is 2.06. The topological polar surface area (TPSA) is 71.8 Å². The molecule has 0 spiro atoms. The standard InChI is InChI=1S/C13H18N2O4/c1-15(13(17)11-7-4-8-18-11)9-12(16)14-19-10-5-2-3-6-10/h4,7-8,10H,2-3,5-6,9H2,1H3,(H,14,16). The van der Waals surface area contributed by atoms with Crippen molar-refractivity contribution < 1.29 is 18.8 Å². The zero-order chi connectivity index (χ0) is 13.7. The van der Waals surface area contributed by atoms with E-state index in [1.165, 1.54) is 11.2 Å². The van der Waals surface area contributed by atoms with Crippen LogP contribution in [0.3, 0.4) is 0 Å². The molecule has 1 aliphatic carbocycles. The SMILES string of the molecule is CN(CC(=O)NOC1CCCC1)C(=O)c1ccco1. The Bertz CT molecular complexity index is 424. The summed E-state index contributed by atoms with van der Waals surface area (Å²) in [5.41, 5.74) is 2.39. The van der Waals surface area contributed by atoms with Gasteiger partial charge in [0.1, 0.15) is 6.54 Å². The van der Waals surface area contributed by atoms with Gasteiger partial charge < -0.3 is 9.32 Å². The number of hydrogen-bond acceptors (Lipinski definition) is 4. The lowest BCUT2D eigenvalue weighted by Gasteiger charge is -2.16. The van der Waals surface area contributed by atoms with E-state index in [1.807, 2.05) is 0 Å². The number of hydroxylamine groups is 1. The first-order valence-corrected chi connectivity index (χ1v) is 6.40. The van der Waals surface area contributed by atoms with Crippen molar-refractivity contribution in [3.05, 3.63) is 24.2 Å². The fourth-order valence-electron chi connectivity index (χ4n) is 2.06. The van der Waals surface area contributed by atoms with Gasteiger partial charge in [-0.3, -0.25) is 14.4 Å². The van der Waals surface area contributed by atoms with Crippen LogP contribution in [0.4, 0.5) is 0 Å². The molecule has 6 nitrogen and oxygen atoms in total. The predicted octanol–water partition coefficient (Wildman–Crippen LogP) is 1.34. The summed E-state index contributed by atoms with van der Waals surface area (Å²) in [6.07, 6.45) is 5.75. The van der Waals surface area contributed by atoms with E-state index in [0.29, 0.717) is 0 Å². The van der Waals surface area contributed by atoms with Crippen LogP contribution in [0.2, 0.25) is 0 Å². The maximum absolute atomic E-state index is 11.8. The zero-order valence-corrected chi connectivity index (χ0v) is 10.9. The van der Waals surface area contributed by atoms with Gasteiger partial charge in [-0.2, -0.15) is 0 Å². The van der Waals surface area contributed by atoms with Crippen molar-refractivity contribution in [3.8, 4) is 0 Å². The van der Waals surface area contributed by atoms with E-state index in [2.05, 4.69) is 5.48 Å². The van der Waals surface area contributed by atoms with E-state index < -0.39 is 0 Å². The summed E-state index contributed by atoms with van der Waals surface area (Å²) in [7, 11) is 1.54. The summed E-state index contributed by atoms with van der Waals surface area (Å²) in [6.45, 7) is -0.0632. The molecule has 1 aliphatic rings. The maximum atomic E-state index is 11.8. The second kappa shape index (κ2) is 6.38.